The first-order valence-electron chi connectivity index (χ1n) is 7.39. The number of rotatable bonds is 6. The molecule has 0 radical (unpaired) electrons. The van der Waals surface area contributed by atoms with E-state index in [1.807, 2.05) is 0 Å². The third kappa shape index (κ3) is 4.14. The van der Waals surface area contributed by atoms with Crippen molar-refractivity contribution < 1.29 is 24.3 Å². The molecule has 3 amide bonds. The number of carbonyl (C=O) groups excluding carboxylic acids is 3. The van der Waals surface area contributed by atoms with E-state index in [2.05, 4.69) is 5.32 Å². The number of nitrogens with zero attached hydrogens (tertiary/aromatic N) is 1. The van der Waals surface area contributed by atoms with E-state index < -0.39 is 17.9 Å². The number of thioether (sulfide) groups is 1. The van der Waals surface area contributed by atoms with Crippen molar-refractivity contribution in [2.75, 3.05) is 5.75 Å². The van der Waals surface area contributed by atoms with Crippen LogP contribution in [0.3, 0.4) is 0 Å². The summed E-state index contributed by atoms with van der Waals surface area (Å²) in [7, 11) is 0. The summed E-state index contributed by atoms with van der Waals surface area (Å²) in [6.45, 7) is 3.51. The van der Waals surface area contributed by atoms with Gasteiger partial charge in [-0.25, -0.2) is 4.79 Å². The van der Waals surface area contributed by atoms with Crippen molar-refractivity contribution in [2.45, 2.75) is 26.4 Å². The highest BCUT2D eigenvalue weighted by Crippen LogP contribution is 2.21. The maximum atomic E-state index is 12.3. The van der Waals surface area contributed by atoms with Gasteiger partial charge in [-0.15, -0.1) is 0 Å². The van der Waals surface area contributed by atoms with Crippen LogP contribution < -0.4 is 5.32 Å². The molecule has 2 N–H and O–H groups in total. The minimum atomic E-state index is -1.10. The molecule has 1 aromatic rings. The van der Waals surface area contributed by atoms with Crippen molar-refractivity contribution >= 4 is 34.8 Å². The van der Waals surface area contributed by atoms with Gasteiger partial charge in [0.05, 0.1) is 12.3 Å². The highest BCUT2D eigenvalue weighted by atomic mass is 32.2. The van der Waals surface area contributed by atoms with E-state index in [1.54, 1.807) is 38.1 Å². The summed E-state index contributed by atoms with van der Waals surface area (Å²) in [5, 5.41) is 11.3. The number of carboxylic acid groups (broad SMARTS) is 1. The molecular formula is C16H18N2O5S. The second-order valence-electron chi connectivity index (χ2n) is 5.77. The summed E-state index contributed by atoms with van der Waals surface area (Å²) in [6.07, 6.45) is 0. The van der Waals surface area contributed by atoms with Gasteiger partial charge in [0.25, 0.3) is 11.1 Å². The number of carbonyl (C=O) groups is 4. The lowest BCUT2D eigenvalue weighted by molar-refractivity contribution is -0.140. The van der Waals surface area contributed by atoms with Crippen LogP contribution in [0.15, 0.2) is 24.3 Å². The van der Waals surface area contributed by atoms with Gasteiger partial charge in [0.2, 0.25) is 5.91 Å². The molecule has 0 aromatic heterocycles. The SMILES string of the molecule is CC(C)[C@@H](NC(=O)c1cccc(CN2C(=O)CSC2=O)c1)C(=O)O. The maximum Gasteiger partial charge on any atom is 0.326 e. The van der Waals surface area contributed by atoms with E-state index in [4.69, 9.17) is 5.11 Å². The number of amides is 3. The molecule has 1 aromatic carbocycles. The Morgan fingerprint density at radius 3 is 2.58 bits per heavy atom. The molecular weight excluding hydrogens is 332 g/mol. The molecule has 7 nitrogen and oxygen atoms in total. The van der Waals surface area contributed by atoms with Crippen molar-refractivity contribution in [1.29, 1.82) is 0 Å². The lowest BCUT2D eigenvalue weighted by atomic mass is 10.0. The first-order valence-corrected chi connectivity index (χ1v) is 8.38. The number of imide groups is 1. The minimum Gasteiger partial charge on any atom is -0.480 e. The monoisotopic (exact) mass is 350 g/mol. The second kappa shape index (κ2) is 7.48. The smallest absolute Gasteiger partial charge is 0.326 e. The lowest BCUT2D eigenvalue weighted by Crippen LogP contribution is -2.44. The van der Waals surface area contributed by atoms with E-state index in [-0.39, 0.29) is 34.9 Å². The molecule has 1 fully saturated rings. The lowest BCUT2D eigenvalue weighted by Gasteiger charge is -2.18. The normalized spacial score (nSPS) is 15.7. The van der Waals surface area contributed by atoms with Crippen LogP contribution in [0.25, 0.3) is 0 Å². The van der Waals surface area contributed by atoms with Gasteiger partial charge in [0, 0.05) is 5.56 Å². The van der Waals surface area contributed by atoms with Crippen LogP contribution in [0.2, 0.25) is 0 Å². The van der Waals surface area contributed by atoms with E-state index >= 15 is 0 Å². The molecule has 24 heavy (non-hydrogen) atoms. The van der Waals surface area contributed by atoms with Crippen LogP contribution >= 0.6 is 11.8 Å². The number of hydrogen-bond acceptors (Lipinski definition) is 5. The molecule has 1 atom stereocenters. The van der Waals surface area contributed by atoms with Gasteiger partial charge in [-0.2, -0.15) is 0 Å². The fraction of sp³-hybridized carbons (Fsp3) is 0.375. The highest BCUT2D eigenvalue weighted by Gasteiger charge is 2.30. The topological polar surface area (TPSA) is 104 Å². The van der Waals surface area contributed by atoms with Gasteiger partial charge < -0.3 is 10.4 Å². The number of aliphatic carboxylic acids is 1. The molecule has 0 unspecified atom stereocenters. The molecule has 0 spiro atoms. The van der Waals surface area contributed by atoms with Crippen LogP contribution in [0.4, 0.5) is 4.79 Å². The van der Waals surface area contributed by atoms with Crippen molar-refractivity contribution in [2.24, 2.45) is 5.92 Å². The molecule has 0 saturated carbocycles. The van der Waals surface area contributed by atoms with Crippen molar-refractivity contribution in [3.8, 4) is 0 Å². The van der Waals surface area contributed by atoms with Crippen LogP contribution in [-0.4, -0.2) is 44.8 Å². The van der Waals surface area contributed by atoms with E-state index in [0.717, 1.165) is 16.7 Å². The zero-order valence-electron chi connectivity index (χ0n) is 13.3. The van der Waals surface area contributed by atoms with Crippen LogP contribution in [0.1, 0.15) is 29.8 Å². The third-order valence-electron chi connectivity index (χ3n) is 3.59. The van der Waals surface area contributed by atoms with Crippen LogP contribution in [0, 0.1) is 5.92 Å². The van der Waals surface area contributed by atoms with E-state index in [0.29, 0.717) is 5.56 Å². The molecule has 0 bridgehead atoms. The first-order chi connectivity index (χ1) is 11.3. The number of benzene rings is 1. The molecule has 1 aliphatic rings. The Kier molecular flexibility index (Phi) is 5.61. The summed E-state index contributed by atoms with van der Waals surface area (Å²) < 4.78 is 0. The Hall–Kier alpha value is -2.35. The third-order valence-corrected chi connectivity index (χ3v) is 4.45. The Balaban J connectivity index is 2.12. The fourth-order valence-corrected chi connectivity index (χ4v) is 2.99. The first kappa shape index (κ1) is 18.0. The van der Waals surface area contributed by atoms with Crippen molar-refractivity contribution in [3.05, 3.63) is 35.4 Å². The fourth-order valence-electron chi connectivity index (χ4n) is 2.27. The molecule has 1 saturated heterocycles. The standard InChI is InChI=1S/C16H18N2O5S/c1-9(2)13(15(21)22)17-14(20)11-5-3-4-10(6-11)7-18-12(19)8-24-16(18)23/h3-6,9,13H,7-8H2,1-2H3,(H,17,20)(H,21,22)/t13-/m1/s1. The van der Waals surface area contributed by atoms with Crippen LogP contribution in [-0.2, 0) is 16.1 Å². The van der Waals surface area contributed by atoms with Gasteiger partial charge in [-0.05, 0) is 23.6 Å². The minimum absolute atomic E-state index is 0.0956. The van der Waals surface area contributed by atoms with E-state index in [9.17, 15) is 19.2 Å². The maximum absolute atomic E-state index is 12.3. The second-order valence-corrected chi connectivity index (χ2v) is 6.69. The Labute approximate surface area is 143 Å². The predicted molar refractivity (Wildman–Crippen MR) is 88.6 cm³/mol. The van der Waals surface area contributed by atoms with Gasteiger partial charge in [0.15, 0.2) is 0 Å². The van der Waals surface area contributed by atoms with Gasteiger partial charge >= 0.3 is 5.97 Å². The molecule has 128 valence electrons. The van der Waals surface area contributed by atoms with Crippen molar-refractivity contribution in [3.63, 3.8) is 0 Å². The zero-order valence-corrected chi connectivity index (χ0v) is 14.1. The molecule has 0 aliphatic carbocycles. The molecule has 1 heterocycles. The van der Waals surface area contributed by atoms with E-state index in [1.165, 1.54) is 0 Å². The Bertz CT molecular complexity index is 673. The molecule has 1 aliphatic heterocycles. The summed E-state index contributed by atoms with van der Waals surface area (Å²) in [4.78, 5) is 47.8. The summed E-state index contributed by atoms with van der Waals surface area (Å²) >= 11 is 0.951. The average Bonchev–Trinajstić information content (AvgIpc) is 2.84. The summed E-state index contributed by atoms with van der Waals surface area (Å²) in [6, 6.07) is 5.46. The van der Waals surface area contributed by atoms with Gasteiger partial charge in [-0.1, -0.05) is 37.7 Å². The summed E-state index contributed by atoms with van der Waals surface area (Å²) in [5.41, 5.74) is 0.911. The van der Waals surface area contributed by atoms with Gasteiger partial charge in [-0.3, -0.25) is 19.3 Å². The largest absolute Gasteiger partial charge is 0.480 e. The quantitative estimate of drug-likeness (QED) is 0.810. The highest BCUT2D eigenvalue weighted by molar-refractivity contribution is 8.14. The summed E-state index contributed by atoms with van der Waals surface area (Å²) in [5.74, 6) is -1.99. The number of hydrogen-bond donors (Lipinski definition) is 2. The Morgan fingerprint density at radius 2 is 2.04 bits per heavy atom. The van der Waals surface area contributed by atoms with Crippen LogP contribution in [0.5, 0.6) is 0 Å². The van der Waals surface area contributed by atoms with Crippen molar-refractivity contribution in [1.82, 2.24) is 10.2 Å². The number of carboxylic acids is 1. The molecule has 2 rings (SSSR count). The Morgan fingerprint density at radius 1 is 1.33 bits per heavy atom. The number of nitrogens with one attached hydrogen (secondary N) is 1. The average molecular weight is 350 g/mol. The molecule has 8 heteroatoms. The van der Waals surface area contributed by atoms with Gasteiger partial charge in [0.1, 0.15) is 6.04 Å². The predicted octanol–water partition coefficient (Wildman–Crippen LogP) is 1.72. The zero-order chi connectivity index (χ0) is 17.9.